The molecule has 1 aromatic rings. The average Bonchev–Trinajstić information content (AvgIpc) is 2.46. The molecule has 1 aliphatic carbocycles. The van der Waals surface area contributed by atoms with Gasteiger partial charge in [-0.1, -0.05) is 6.42 Å². The van der Waals surface area contributed by atoms with Gasteiger partial charge in [-0.15, -0.1) is 0 Å². The number of ether oxygens (including phenoxy) is 1. The number of carbonyl (C=O) groups is 2. The highest BCUT2D eigenvalue weighted by Gasteiger charge is 2.18. The summed E-state index contributed by atoms with van der Waals surface area (Å²) in [5, 5.41) is 2.43. The van der Waals surface area contributed by atoms with Crippen molar-refractivity contribution >= 4 is 17.6 Å². The van der Waals surface area contributed by atoms with Gasteiger partial charge in [0.1, 0.15) is 18.5 Å². The molecule has 0 heterocycles. The molecule has 6 heteroatoms. The number of nitrogen functional groups attached to an aromatic ring is 1. The number of anilines is 1. The molecule has 0 radical (unpaired) electrons. The molecule has 1 saturated carbocycles. The van der Waals surface area contributed by atoms with Crippen molar-refractivity contribution in [1.82, 2.24) is 5.32 Å². The number of halogens is 1. The van der Waals surface area contributed by atoms with E-state index in [4.69, 9.17) is 10.5 Å². The Hall–Kier alpha value is -2.11. The number of rotatable bonds is 4. The summed E-state index contributed by atoms with van der Waals surface area (Å²) >= 11 is 0. The molecule has 1 amide bonds. The van der Waals surface area contributed by atoms with Gasteiger partial charge in [0, 0.05) is 5.69 Å². The maximum absolute atomic E-state index is 12.9. The van der Waals surface area contributed by atoms with Crippen molar-refractivity contribution in [1.29, 1.82) is 0 Å². The minimum atomic E-state index is -0.520. The Kier molecular flexibility index (Phi) is 5.14. The number of benzene rings is 1. The number of esters is 1. The summed E-state index contributed by atoms with van der Waals surface area (Å²) < 4.78 is 18.2. The molecule has 1 aromatic carbocycles. The van der Waals surface area contributed by atoms with Crippen LogP contribution in [0.5, 0.6) is 0 Å². The Balaban J connectivity index is 1.81. The Labute approximate surface area is 122 Å². The van der Waals surface area contributed by atoms with E-state index in [9.17, 15) is 14.0 Å². The molecule has 21 heavy (non-hydrogen) atoms. The number of hydrogen-bond acceptors (Lipinski definition) is 4. The van der Waals surface area contributed by atoms with Gasteiger partial charge in [-0.3, -0.25) is 9.59 Å². The predicted octanol–water partition coefficient (Wildman–Crippen LogP) is 2.01. The quantitative estimate of drug-likeness (QED) is 0.657. The first-order valence-electron chi connectivity index (χ1n) is 7.09. The monoisotopic (exact) mass is 294 g/mol. The molecule has 3 N–H and O–H groups in total. The SMILES string of the molecule is Nc1cc(F)ccc1C(=O)NCC(=O)OC1CCCCC1. The zero-order valence-corrected chi connectivity index (χ0v) is 11.7. The molecule has 0 spiro atoms. The van der Waals surface area contributed by atoms with Crippen LogP contribution in [0.25, 0.3) is 0 Å². The van der Waals surface area contributed by atoms with E-state index in [0.717, 1.165) is 37.8 Å². The fourth-order valence-electron chi connectivity index (χ4n) is 2.40. The first-order valence-corrected chi connectivity index (χ1v) is 7.09. The highest BCUT2D eigenvalue weighted by atomic mass is 19.1. The lowest BCUT2D eigenvalue weighted by molar-refractivity contribution is -0.149. The number of carbonyl (C=O) groups excluding carboxylic acids is 2. The lowest BCUT2D eigenvalue weighted by Crippen LogP contribution is -2.33. The van der Waals surface area contributed by atoms with Gasteiger partial charge < -0.3 is 15.8 Å². The first kappa shape index (κ1) is 15.3. The summed E-state index contributed by atoms with van der Waals surface area (Å²) in [5.41, 5.74) is 5.74. The van der Waals surface area contributed by atoms with E-state index in [0.29, 0.717) is 0 Å². The average molecular weight is 294 g/mol. The molecule has 1 aliphatic rings. The number of amides is 1. The fourth-order valence-corrected chi connectivity index (χ4v) is 2.40. The van der Waals surface area contributed by atoms with Gasteiger partial charge in [0.25, 0.3) is 5.91 Å². The second-order valence-electron chi connectivity index (χ2n) is 5.16. The van der Waals surface area contributed by atoms with Crippen molar-refractivity contribution in [3.63, 3.8) is 0 Å². The zero-order chi connectivity index (χ0) is 15.2. The molecule has 5 nitrogen and oxygen atoms in total. The van der Waals surface area contributed by atoms with E-state index in [1.165, 1.54) is 12.5 Å². The van der Waals surface area contributed by atoms with Crippen molar-refractivity contribution in [3.8, 4) is 0 Å². The Morgan fingerprint density at radius 2 is 2.00 bits per heavy atom. The minimum Gasteiger partial charge on any atom is -0.461 e. The highest BCUT2D eigenvalue weighted by Crippen LogP contribution is 2.20. The van der Waals surface area contributed by atoms with Crippen molar-refractivity contribution in [3.05, 3.63) is 29.6 Å². The van der Waals surface area contributed by atoms with E-state index in [2.05, 4.69) is 5.32 Å². The lowest BCUT2D eigenvalue weighted by Gasteiger charge is -2.21. The molecule has 0 saturated heterocycles. The normalized spacial score (nSPS) is 15.5. The van der Waals surface area contributed by atoms with Gasteiger partial charge in [0.2, 0.25) is 0 Å². The molecular weight excluding hydrogens is 275 g/mol. The van der Waals surface area contributed by atoms with Crippen molar-refractivity contribution in [2.24, 2.45) is 0 Å². The molecule has 0 aromatic heterocycles. The summed E-state index contributed by atoms with van der Waals surface area (Å²) in [6.07, 6.45) is 5.02. The Bertz CT molecular complexity index is 528. The van der Waals surface area contributed by atoms with Crippen LogP contribution in [0.3, 0.4) is 0 Å². The second-order valence-corrected chi connectivity index (χ2v) is 5.16. The summed E-state index contributed by atoms with van der Waals surface area (Å²) in [6, 6.07) is 3.49. The van der Waals surface area contributed by atoms with Crippen molar-refractivity contribution in [2.45, 2.75) is 38.2 Å². The van der Waals surface area contributed by atoms with Crippen LogP contribution in [-0.4, -0.2) is 24.5 Å². The van der Waals surface area contributed by atoms with E-state index in [1.807, 2.05) is 0 Å². The van der Waals surface area contributed by atoms with Crippen molar-refractivity contribution < 1.29 is 18.7 Å². The van der Waals surface area contributed by atoms with E-state index in [-0.39, 0.29) is 23.9 Å². The summed E-state index contributed by atoms with van der Waals surface area (Å²) in [5.74, 6) is -1.50. The largest absolute Gasteiger partial charge is 0.461 e. The molecule has 1 fully saturated rings. The Morgan fingerprint density at radius 3 is 2.67 bits per heavy atom. The van der Waals surface area contributed by atoms with Crippen LogP contribution in [0, 0.1) is 5.82 Å². The molecule has 2 rings (SSSR count). The van der Waals surface area contributed by atoms with Crippen molar-refractivity contribution in [2.75, 3.05) is 12.3 Å². The first-order chi connectivity index (χ1) is 10.1. The minimum absolute atomic E-state index is 0.0353. The number of nitrogens with one attached hydrogen (secondary N) is 1. The van der Waals surface area contributed by atoms with Gasteiger partial charge in [-0.25, -0.2) is 4.39 Å². The smallest absolute Gasteiger partial charge is 0.325 e. The molecule has 0 unspecified atom stereocenters. The van der Waals surface area contributed by atoms with Crippen LogP contribution in [-0.2, 0) is 9.53 Å². The second kappa shape index (κ2) is 7.06. The third-order valence-corrected chi connectivity index (χ3v) is 3.50. The summed E-state index contributed by atoms with van der Waals surface area (Å²) in [4.78, 5) is 23.5. The molecule has 0 aliphatic heterocycles. The van der Waals surface area contributed by atoms with E-state index in [1.54, 1.807) is 0 Å². The van der Waals surface area contributed by atoms with Crippen LogP contribution in [0.1, 0.15) is 42.5 Å². The number of hydrogen-bond donors (Lipinski definition) is 2. The fraction of sp³-hybridized carbons (Fsp3) is 0.467. The van der Waals surface area contributed by atoms with Gasteiger partial charge in [-0.05, 0) is 43.9 Å². The summed E-state index contributed by atoms with van der Waals surface area (Å²) in [6.45, 7) is -0.216. The summed E-state index contributed by atoms with van der Waals surface area (Å²) in [7, 11) is 0. The Morgan fingerprint density at radius 1 is 1.29 bits per heavy atom. The van der Waals surface area contributed by atoms with Gasteiger partial charge in [-0.2, -0.15) is 0 Å². The third kappa shape index (κ3) is 4.44. The van der Waals surface area contributed by atoms with Crippen LogP contribution >= 0.6 is 0 Å². The van der Waals surface area contributed by atoms with Crippen LogP contribution < -0.4 is 11.1 Å². The topological polar surface area (TPSA) is 81.4 Å². The predicted molar refractivity (Wildman–Crippen MR) is 76.1 cm³/mol. The van der Waals surface area contributed by atoms with Crippen LogP contribution in [0.2, 0.25) is 0 Å². The maximum atomic E-state index is 12.9. The zero-order valence-electron chi connectivity index (χ0n) is 11.7. The standard InChI is InChI=1S/C15H19FN2O3/c16-10-6-7-12(13(17)8-10)15(20)18-9-14(19)21-11-4-2-1-3-5-11/h6-8,11H,1-5,9,17H2,(H,18,20). The van der Waals surface area contributed by atoms with E-state index >= 15 is 0 Å². The maximum Gasteiger partial charge on any atom is 0.325 e. The number of nitrogens with two attached hydrogens (primary N) is 1. The molecule has 0 atom stereocenters. The lowest BCUT2D eigenvalue weighted by atomic mass is 9.98. The van der Waals surface area contributed by atoms with Crippen LogP contribution in [0.4, 0.5) is 10.1 Å². The van der Waals surface area contributed by atoms with Gasteiger partial charge >= 0.3 is 5.97 Å². The molecular formula is C15H19FN2O3. The third-order valence-electron chi connectivity index (χ3n) is 3.50. The van der Waals surface area contributed by atoms with Crippen LogP contribution in [0.15, 0.2) is 18.2 Å². The highest BCUT2D eigenvalue weighted by molar-refractivity contribution is 6.00. The van der Waals surface area contributed by atoms with Gasteiger partial charge in [0.05, 0.1) is 5.56 Å². The molecule has 0 bridgehead atoms. The van der Waals surface area contributed by atoms with E-state index < -0.39 is 17.7 Å². The van der Waals surface area contributed by atoms with Gasteiger partial charge in [0.15, 0.2) is 0 Å². The molecule has 114 valence electrons.